The Kier molecular flexibility index (Phi) is 5.51. The van der Waals surface area contributed by atoms with Gasteiger partial charge in [0.15, 0.2) is 5.82 Å². The first-order chi connectivity index (χ1) is 11.8. The highest BCUT2D eigenvalue weighted by Gasteiger charge is 2.30. The summed E-state index contributed by atoms with van der Waals surface area (Å²) in [4.78, 5) is 14.7. The number of halogens is 4. The summed E-state index contributed by atoms with van der Waals surface area (Å²) in [6.45, 7) is 0. The number of amides is 1. The van der Waals surface area contributed by atoms with E-state index in [1.807, 2.05) is 0 Å². The third-order valence-corrected chi connectivity index (χ3v) is 3.35. The molecule has 26 heavy (non-hydrogen) atoms. The maximum Gasteiger partial charge on any atom is 0.416 e. The van der Waals surface area contributed by atoms with Gasteiger partial charge in [0.2, 0.25) is 0 Å². The second kappa shape index (κ2) is 7.44. The lowest BCUT2D eigenvalue weighted by Gasteiger charge is -2.07. The summed E-state index contributed by atoms with van der Waals surface area (Å²) in [6.07, 6.45) is -4.17. The SMILES string of the molecule is Cl.O=C(O)Nc1ccc(-c2ncn(-c3ccc(C(F)(F)F)cc3)n2)cc1. The summed E-state index contributed by atoms with van der Waals surface area (Å²) < 4.78 is 39.1. The number of rotatable bonds is 3. The van der Waals surface area contributed by atoms with Crippen LogP contribution in [0.3, 0.4) is 0 Å². The first-order valence-corrected chi connectivity index (χ1v) is 7.02. The zero-order valence-electron chi connectivity index (χ0n) is 12.9. The number of nitrogens with one attached hydrogen (secondary N) is 1. The highest BCUT2D eigenvalue weighted by molar-refractivity contribution is 5.85. The third kappa shape index (κ3) is 4.31. The lowest BCUT2D eigenvalue weighted by molar-refractivity contribution is -0.137. The molecular formula is C16H12ClF3N4O2. The molecule has 136 valence electrons. The molecule has 0 bridgehead atoms. The maximum atomic E-state index is 12.6. The predicted molar refractivity (Wildman–Crippen MR) is 90.7 cm³/mol. The fourth-order valence-corrected chi connectivity index (χ4v) is 2.15. The Labute approximate surface area is 151 Å². The molecule has 3 aromatic rings. The molecule has 0 spiro atoms. The van der Waals surface area contributed by atoms with Crippen molar-refractivity contribution in [1.29, 1.82) is 0 Å². The van der Waals surface area contributed by atoms with Crippen molar-refractivity contribution in [2.24, 2.45) is 0 Å². The highest BCUT2D eigenvalue weighted by atomic mass is 35.5. The quantitative estimate of drug-likeness (QED) is 0.698. The van der Waals surface area contributed by atoms with Gasteiger partial charge in [0, 0.05) is 11.3 Å². The Hall–Kier alpha value is -3.07. The standard InChI is InChI=1S/C16H11F3N4O2.ClH/c17-16(18,19)11-3-7-13(8-4-11)23-9-20-14(22-23)10-1-5-12(6-2-10)21-15(24)25;/h1-9,21H,(H,24,25);1H. The molecule has 0 radical (unpaired) electrons. The lowest BCUT2D eigenvalue weighted by atomic mass is 10.2. The van der Waals surface area contributed by atoms with Crippen molar-refractivity contribution in [3.05, 3.63) is 60.4 Å². The molecule has 0 aliphatic carbocycles. The monoisotopic (exact) mass is 384 g/mol. The van der Waals surface area contributed by atoms with Crippen molar-refractivity contribution in [3.63, 3.8) is 0 Å². The van der Waals surface area contributed by atoms with Crippen LogP contribution in [0.1, 0.15) is 5.56 Å². The number of carboxylic acid groups (broad SMARTS) is 1. The van der Waals surface area contributed by atoms with Gasteiger partial charge in [-0.25, -0.2) is 14.5 Å². The predicted octanol–water partition coefficient (Wildman–Crippen LogP) is 4.46. The van der Waals surface area contributed by atoms with Crippen LogP contribution < -0.4 is 5.32 Å². The molecule has 1 heterocycles. The molecule has 10 heteroatoms. The van der Waals surface area contributed by atoms with E-state index in [0.717, 1.165) is 12.1 Å². The highest BCUT2D eigenvalue weighted by Crippen LogP contribution is 2.29. The van der Waals surface area contributed by atoms with Crippen LogP contribution in [0.2, 0.25) is 0 Å². The number of anilines is 1. The molecule has 0 saturated carbocycles. The van der Waals surface area contributed by atoms with Gasteiger partial charge in [-0.1, -0.05) is 0 Å². The molecule has 2 aromatic carbocycles. The summed E-state index contributed by atoms with van der Waals surface area (Å²) in [7, 11) is 0. The second-order valence-corrected chi connectivity index (χ2v) is 5.06. The van der Waals surface area contributed by atoms with E-state index in [1.165, 1.54) is 23.1 Å². The molecule has 0 atom stereocenters. The van der Waals surface area contributed by atoms with Gasteiger partial charge in [-0.2, -0.15) is 13.2 Å². The average Bonchev–Trinajstić information content (AvgIpc) is 3.04. The molecule has 1 aromatic heterocycles. The lowest BCUT2D eigenvalue weighted by Crippen LogP contribution is -2.06. The first-order valence-electron chi connectivity index (χ1n) is 7.02. The van der Waals surface area contributed by atoms with E-state index in [0.29, 0.717) is 22.8 Å². The van der Waals surface area contributed by atoms with Crippen LogP contribution in [0.4, 0.5) is 23.7 Å². The van der Waals surface area contributed by atoms with Gasteiger partial charge in [-0.05, 0) is 48.5 Å². The average molecular weight is 385 g/mol. The van der Waals surface area contributed by atoms with Gasteiger partial charge in [0.25, 0.3) is 0 Å². The Morgan fingerprint density at radius 1 is 1.04 bits per heavy atom. The van der Waals surface area contributed by atoms with Crippen LogP contribution >= 0.6 is 12.4 Å². The number of alkyl halides is 3. The van der Waals surface area contributed by atoms with Crippen LogP contribution in [0.5, 0.6) is 0 Å². The first kappa shape index (κ1) is 19.3. The second-order valence-electron chi connectivity index (χ2n) is 5.06. The smallest absolute Gasteiger partial charge is 0.416 e. The Morgan fingerprint density at radius 3 is 2.19 bits per heavy atom. The van der Waals surface area contributed by atoms with Crippen molar-refractivity contribution in [1.82, 2.24) is 14.8 Å². The molecule has 0 unspecified atom stereocenters. The van der Waals surface area contributed by atoms with E-state index < -0.39 is 17.8 Å². The van der Waals surface area contributed by atoms with E-state index in [1.54, 1.807) is 24.3 Å². The maximum absolute atomic E-state index is 12.6. The summed E-state index contributed by atoms with van der Waals surface area (Å²) in [5.74, 6) is 0.363. The van der Waals surface area contributed by atoms with E-state index in [4.69, 9.17) is 5.11 Å². The van der Waals surface area contributed by atoms with Gasteiger partial charge in [0.05, 0.1) is 11.3 Å². The number of benzene rings is 2. The number of aromatic nitrogens is 3. The Balaban J connectivity index is 0.00000243. The van der Waals surface area contributed by atoms with E-state index in [9.17, 15) is 18.0 Å². The molecular weight excluding hydrogens is 373 g/mol. The van der Waals surface area contributed by atoms with E-state index in [2.05, 4.69) is 15.4 Å². The number of hydrogen-bond acceptors (Lipinski definition) is 3. The topological polar surface area (TPSA) is 80.0 Å². The number of nitrogens with zero attached hydrogens (tertiary/aromatic N) is 3. The van der Waals surface area contributed by atoms with Gasteiger partial charge in [0.1, 0.15) is 6.33 Å². The normalized spacial score (nSPS) is 10.9. The van der Waals surface area contributed by atoms with Crippen LogP contribution in [-0.4, -0.2) is 26.0 Å². The minimum absolute atomic E-state index is 0. The molecule has 0 aliphatic rings. The van der Waals surface area contributed by atoms with E-state index >= 15 is 0 Å². The molecule has 6 nitrogen and oxygen atoms in total. The number of hydrogen-bond donors (Lipinski definition) is 2. The van der Waals surface area contributed by atoms with Crippen LogP contribution in [-0.2, 0) is 6.18 Å². The molecule has 0 fully saturated rings. The van der Waals surface area contributed by atoms with Gasteiger partial charge >= 0.3 is 12.3 Å². The zero-order valence-corrected chi connectivity index (χ0v) is 13.8. The molecule has 1 amide bonds. The van der Waals surface area contributed by atoms with E-state index in [-0.39, 0.29) is 12.4 Å². The third-order valence-electron chi connectivity index (χ3n) is 3.35. The van der Waals surface area contributed by atoms with Crippen LogP contribution in [0.25, 0.3) is 17.1 Å². The Bertz CT molecular complexity index is 893. The minimum Gasteiger partial charge on any atom is -0.465 e. The summed E-state index contributed by atoms with van der Waals surface area (Å²) in [6, 6.07) is 11.0. The fourth-order valence-electron chi connectivity index (χ4n) is 2.15. The number of carbonyl (C=O) groups is 1. The minimum atomic E-state index is -4.39. The molecule has 0 saturated heterocycles. The van der Waals surface area contributed by atoms with Crippen molar-refractivity contribution < 1.29 is 23.1 Å². The summed E-state index contributed by atoms with van der Waals surface area (Å²) in [5.41, 5.74) is 0.744. The van der Waals surface area contributed by atoms with Crippen molar-refractivity contribution >= 4 is 24.2 Å². The summed E-state index contributed by atoms with van der Waals surface area (Å²) in [5, 5.41) is 15.1. The largest absolute Gasteiger partial charge is 0.465 e. The van der Waals surface area contributed by atoms with Crippen LogP contribution in [0.15, 0.2) is 54.9 Å². The Morgan fingerprint density at radius 2 is 1.65 bits per heavy atom. The zero-order chi connectivity index (χ0) is 18.0. The van der Waals surface area contributed by atoms with Crippen LogP contribution in [0, 0.1) is 0 Å². The summed E-state index contributed by atoms with van der Waals surface area (Å²) >= 11 is 0. The van der Waals surface area contributed by atoms with Crippen molar-refractivity contribution in [3.8, 4) is 17.1 Å². The molecule has 0 aliphatic heterocycles. The van der Waals surface area contributed by atoms with Gasteiger partial charge in [-0.15, -0.1) is 17.5 Å². The fraction of sp³-hybridized carbons (Fsp3) is 0.0625. The van der Waals surface area contributed by atoms with Gasteiger partial charge in [-0.3, -0.25) is 5.32 Å². The molecule has 2 N–H and O–H groups in total. The van der Waals surface area contributed by atoms with Gasteiger partial charge < -0.3 is 5.11 Å². The van der Waals surface area contributed by atoms with Crippen molar-refractivity contribution in [2.75, 3.05) is 5.32 Å². The molecule has 3 rings (SSSR count). The van der Waals surface area contributed by atoms with Crippen molar-refractivity contribution in [2.45, 2.75) is 6.18 Å².